The average molecular weight is 218 g/mol. The van der Waals surface area contributed by atoms with E-state index in [-0.39, 0.29) is 0 Å². The Morgan fingerprint density at radius 1 is 1.13 bits per heavy atom. The molecule has 0 fully saturated rings. The van der Waals surface area contributed by atoms with Gasteiger partial charge in [-0.2, -0.15) is 11.3 Å². The minimum Gasteiger partial charge on any atom is -0.488 e. The highest BCUT2D eigenvalue weighted by atomic mass is 32.1. The molecule has 0 amide bonds. The molecule has 0 radical (unpaired) electrons. The van der Waals surface area contributed by atoms with Crippen LogP contribution in [0, 0.1) is 13.8 Å². The minimum atomic E-state index is 0.662. The van der Waals surface area contributed by atoms with Gasteiger partial charge >= 0.3 is 0 Å². The van der Waals surface area contributed by atoms with Crippen LogP contribution in [0.2, 0.25) is 0 Å². The second-order valence-corrected chi connectivity index (χ2v) is 4.42. The molecule has 0 N–H and O–H groups in total. The fourth-order valence-electron chi connectivity index (χ4n) is 1.56. The average Bonchev–Trinajstić information content (AvgIpc) is 2.70. The Kier molecular flexibility index (Phi) is 3.07. The molecule has 0 spiro atoms. The maximum Gasteiger partial charge on any atom is 0.125 e. The molecule has 0 aliphatic heterocycles. The summed E-state index contributed by atoms with van der Waals surface area (Å²) >= 11 is 1.70. The first-order valence-corrected chi connectivity index (χ1v) is 5.92. The van der Waals surface area contributed by atoms with Crippen LogP contribution >= 0.6 is 11.3 Å². The maximum absolute atomic E-state index is 5.82. The van der Waals surface area contributed by atoms with E-state index in [1.54, 1.807) is 11.3 Å². The van der Waals surface area contributed by atoms with Crippen molar-refractivity contribution in [2.24, 2.45) is 0 Å². The number of hydrogen-bond acceptors (Lipinski definition) is 2. The molecular weight excluding hydrogens is 204 g/mol. The molecule has 2 aromatic rings. The summed E-state index contributed by atoms with van der Waals surface area (Å²) in [6, 6.07) is 8.31. The Bertz CT molecular complexity index is 412. The molecule has 0 atom stereocenters. The minimum absolute atomic E-state index is 0.662. The van der Waals surface area contributed by atoms with Crippen LogP contribution < -0.4 is 4.74 Å². The second kappa shape index (κ2) is 4.49. The van der Waals surface area contributed by atoms with Gasteiger partial charge in [-0.25, -0.2) is 0 Å². The van der Waals surface area contributed by atoms with Gasteiger partial charge in [-0.15, -0.1) is 0 Å². The quantitative estimate of drug-likeness (QED) is 0.758. The van der Waals surface area contributed by atoms with Crippen LogP contribution in [0.4, 0.5) is 0 Å². The van der Waals surface area contributed by atoms with Crippen molar-refractivity contribution in [2.75, 3.05) is 0 Å². The van der Waals surface area contributed by atoms with Crippen LogP contribution in [-0.4, -0.2) is 0 Å². The van der Waals surface area contributed by atoms with Gasteiger partial charge in [-0.1, -0.05) is 18.2 Å². The van der Waals surface area contributed by atoms with E-state index in [1.165, 1.54) is 16.7 Å². The summed E-state index contributed by atoms with van der Waals surface area (Å²) in [4.78, 5) is 0. The van der Waals surface area contributed by atoms with Crippen molar-refractivity contribution in [3.8, 4) is 5.75 Å². The van der Waals surface area contributed by atoms with Gasteiger partial charge in [0.2, 0.25) is 0 Å². The molecule has 1 aromatic heterocycles. The number of aryl methyl sites for hydroxylation is 2. The predicted molar refractivity (Wildman–Crippen MR) is 64.6 cm³/mol. The molecular formula is C13H14OS. The molecule has 1 heterocycles. The van der Waals surface area contributed by atoms with Crippen molar-refractivity contribution in [1.29, 1.82) is 0 Å². The van der Waals surface area contributed by atoms with Crippen LogP contribution in [-0.2, 0) is 6.61 Å². The first kappa shape index (κ1) is 10.2. The van der Waals surface area contributed by atoms with Crippen LogP contribution in [0.3, 0.4) is 0 Å². The highest BCUT2D eigenvalue weighted by Crippen LogP contribution is 2.23. The van der Waals surface area contributed by atoms with Crippen molar-refractivity contribution in [3.05, 3.63) is 51.7 Å². The molecule has 0 aliphatic carbocycles. The Morgan fingerprint density at radius 2 is 1.87 bits per heavy atom. The Hall–Kier alpha value is -1.28. The Labute approximate surface area is 94.3 Å². The number of rotatable bonds is 3. The van der Waals surface area contributed by atoms with Crippen molar-refractivity contribution < 1.29 is 4.74 Å². The molecule has 0 unspecified atom stereocenters. The van der Waals surface area contributed by atoms with Gasteiger partial charge < -0.3 is 4.74 Å². The molecule has 78 valence electrons. The lowest BCUT2D eigenvalue weighted by Crippen LogP contribution is -1.97. The van der Waals surface area contributed by atoms with E-state index < -0.39 is 0 Å². The zero-order valence-electron chi connectivity index (χ0n) is 8.99. The zero-order valence-corrected chi connectivity index (χ0v) is 9.80. The predicted octanol–water partition coefficient (Wildman–Crippen LogP) is 3.94. The highest BCUT2D eigenvalue weighted by Gasteiger charge is 2.03. The summed E-state index contributed by atoms with van der Waals surface area (Å²) in [5, 5.41) is 4.19. The summed E-state index contributed by atoms with van der Waals surface area (Å²) in [7, 11) is 0. The van der Waals surface area contributed by atoms with Crippen molar-refractivity contribution in [2.45, 2.75) is 20.5 Å². The lowest BCUT2D eigenvalue weighted by Gasteiger charge is -2.10. The van der Waals surface area contributed by atoms with Crippen LogP contribution in [0.5, 0.6) is 5.75 Å². The Balaban J connectivity index is 2.11. The van der Waals surface area contributed by atoms with Crippen LogP contribution in [0.15, 0.2) is 35.0 Å². The molecule has 0 saturated heterocycles. The lowest BCUT2D eigenvalue weighted by molar-refractivity contribution is 0.302. The summed E-state index contributed by atoms with van der Waals surface area (Å²) in [6.07, 6.45) is 0. The van der Waals surface area contributed by atoms with E-state index in [4.69, 9.17) is 4.74 Å². The zero-order chi connectivity index (χ0) is 10.7. The Morgan fingerprint density at radius 3 is 2.47 bits per heavy atom. The standard InChI is InChI=1S/C13H14OS/c1-10-4-3-5-11(2)13(10)14-8-12-6-7-15-9-12/h3-7,9H,8H2,1-2H3. The third-order valence-corrected chi connectivity index (χ3v) is 3.10. The number of para-hydroxylation sites is 1. The molecule has 15 heavy (non-hydrogen) atoms. The van der Waals surface area contributed by atoms with E-state index in [0.29, 0.717) is 6.61 Å². The van der Waals surface area contributed by atoms with Gasteiger partial charge in [0.1, 0.15) is 12.4 Å². The smallest absolute Gasteiger partial charge is 0.125 e. The summed E-state index contributed by atoms with van der Waals surface area (Å²) in [5.74, 6) is 1.02. The highest BCUT2D eigenvalue weighted by molar-refractivity contribution is 7.07. The number of hydrogen-bond donors (Lipinski definition) is 0. The van der Waals surface area contributed by atoms with Crippen molar-refractivity contribution in [1.82, 2.24) is 0 Å². The summed E-state index contributed by atoms with van der Waals surface area (Å²) < 4.78 is 5.82. The van der Waals surface area contributed by atoms with Gasteiger partial charge in [-0.3, -0.25) is 0 Å². The first-order chi connectivity index (χ1) is 7.27. The van der Waals surface area contributed by atoms with E-state index in [2.05, 4.69) is 48.9 Å². The molecule has 2 rings (SSSR count). The lowest BCUT2D eigenvalue weighted by atomic mass is 10.1. The fraction of sp³-hybridized carbons (Fsp3) is 0.231. The topological polar surface area (TPSA) is 9.23 Å². The number of ether oxygens (including phenoxy) is 1. The van der Waals surface area contributed by atoms with Gasteiger partial charge in [0.15, 0.2) is 0 Å². The number of benzene rings is 1. The van der Waals surface area contributed by atoms with E-state index in [0.717, 1.165) is 5.75 Å². The van der Waals surface area contributed by atoms with Gasteiger partial charge in [0, 0.05) is 0 Å². The fourth-order valence-corrected chi connectivity index (χ4v) is 2.21. The summed E-state index contributed by atoms with van der Waals surface area (Å²) in [5.41, 5.74) is 3.64. The van der Waals surface area contributed by atoms with Crippen molar-refractivity contribution in [3.63, 3.8) is 0 Å². The molecule has 1 nitrogen and oxygen atoms in total. The molecule has 0 bridgehead atoms. The monoisotopic (exact) mass is 218 g/mol. The summed E-state index contributed by atoms with van der Waals surface area (Å²) in [6.45, 7) is 4.82. The van der Waals surface area contributed by atoms with E-state index in [9.17, 15) is 0 Å². The number of thiophene rings is 1. The molecule has 2 heteroatoms. The van der Waals surface area contributed by atoms with Crippen molar-refractivity contribution >= 4 is 11.3 Å². The second-order valence-electron chi connectivity index (χ2n) is 3.64. The molecule has 0 saturated carbocycles. The third kappa shape index (κ3) is 2.39. The molecule has 1 aromatic carbocycles. The van der Waals surface area contributed by atoms with Crippen LogP contribution in [0.25, 0.3) is 0 Å². The van der Waals surface area contributed by atoms with E-state index >= 15 is 0 Å². The SMILES string of the molecule is Cc1cccc(C)c1OCc1ccsc1. The normalized spacial score (nSPS) is 10.3. The van der Waals surface area contributed by atoms with Gasteiger partial charge in [-0.05, 0) is 47.4 Å². The molecule has 0 aliphatic rings. The van der Waals surface area contributed by atoms with E-state index in [1.807, 2.05) is 0 Å². The van der Waals surface area contributed by atoms with Gasteiger partial charge in [0.25, 0.3) is 0 Å². The van der Waals surface area contributed by atoms with Gasteiger partial charge in [0.05, 0.1) is 0 Å². The largest absolute Gasteiger partial charge is 0.488 e. The third-order valence-electron chi connectivity index (χ3n) is 2.37. The van der Waals surface area contributed by atoms with Crippen LogP contribution in [0.1, 0.15) is 16.7 Å². The first-order valence-electron chi connectivity index (χ1n) is 4.97. The maximum atomic E-state index is 5.82.